The maximum absolute atomic E-state index is 12.4. The predicted octanol–water partition coefficient (Wildman–Crippen LogP) is 2.10. The van der Waals surface area contributed by atoms with Gasteiger partial charge in [0.05, 0.1) is 21.3 Å². The molecule has 2 N–H and O–H groups in total. The normalized spacial score (nSPS) is 17.8. The molecule has 0 heterocycles. The number of rotatable bonds is 7. The summed E-state index contributed by atoms with van der Waals surface area (Å²) in [6.45, 7) is 2.58. The van der Waals surface area contributed by atoms with E-state index in [0.29, 0.717) is 22.8 Å². The van der Waals surface area contributed by atoms with E-state index in [1.807, 2.05) is 6.92 Å². The van der Waals surface area contributed by atoms with Crippen molar-refractivity contribution >= 4 is 16.7 Å². The highest BCUT2D eigenvalue weighted by Gasteiger charge is 2.36. The molecular weight excluding hydrogens is 286 g/mol. The van der Waals surface area contributed by atoms with Crippen LogP contribution in [0.4, 0.5) is 0 Å². The number of aliphatic hydroxyl groups is 1. The Balaban J connectivity index is 2.05. The third kappa shape index (κ3) is 3.71. The van der Waals surface area contributed by atoms with E-state index in [1.165, 1.54) is 0 Å². The van der Waals surface area contributed by atoms with Crippen LogP contribution in [0.5, 0.6) is 0 Å². The Morgan fingerprint density at radius 2 is 2.10 bits per heavy atom. The first-order chi connectivity index (χ1) is 10.1. The van der Waals surface area contributed by atoms with Crippen LogP contribution in [-0.2, 0) is 10.8 Å². The molecule has 1 amide bonds. The first-order valence-electron chi connectivity index (χ1n) is 7.48. The summed E-state index contributed by atoms with van der Waals surface area (Å²) in [6, 6.07) is 7.07. The van der Waals surface area contributed by atoms with Gasteiger partial charge in [-0.3, -0.25) is 9.00 Å². The van der Waals surface area contributed by atoms with Gasteiger partial charge in [0.25, 0.3) is 5.91 Å². The van der Waals surface area contributed by atoms with Crippen LogP contribution in [0, 0.1) is 5.41 Å². The van der Waals surface area contributed by atoms with Crippen molar-refractivity contribution in [2.24, 2.45) is 5.41 Å². The zero-order valence-electron chi connectivity index (χ0n) is 12.4. The summed E-state index contributed by atoms with van der Waals surface area (Å²) in [7, 11) is -1.14. The number of hydrogen-bond acceptors (Lipinski definition) is 3. The molecule has 0 aliphatic heterocycles. The van der Waals surface area contributed by atoms with Crippen molar-refractivity contribution in [1.29, 1.82) is 0 Å². The molecule has 1 atom stereocenters. The van der Waals surface area contributed by atoms with Crippen molar-refractivity contribution in [1.82, 2.24) is 5.32 Å². The van der Waals surface area contributed by atoms with Crippen molar-refractivity contribution in [3.05, 3.63) is 29.8 Å². The lowest BCUT2D eigenvalue weighted by Gasteiger charge is -2.41. The van der Waals surface area contributed by atoms with Gasteiger partial charge in [-0.05, 0) is 36.8 Å². The first-order valence-corrected chi connectivity index (χ1v) is 8.80. The third-order valence-corrected chi connectivity index (χ3v) is 5.69. The minimum absolute atomic E-state index is 0.0588. The van der Waals surface area contributed by atoms with Crippen molar-refractivity contribution in [2.75, 3.05) is 18.9 Å². The van der Waals surface area contributed by atoms with Crippen LogP contribution in [-0.4, -0.2) is 34.1 Å². The Labute approximate surface area is 128 Å². The quantitative estimate of drug-likeness (QED) is 0.810. The topological polar surface area (TPSA) is 66.4 Å². The summed E-state index contributed by atoms with van der Waals surface area (Å²) in [4.78, 5) is 13.0. The molecule has 0 aromatic heterocycles. The van der Waals surface area contributed by atoms with Crippen LogP contribution >= 0.6 is 0 Å². The average molecular weight is 309 g/mol. The van der Waals surface area contributed by atoms with Crippen molar-refractivity contribution in [3.63, 3.8) is 0 Å². The Morgan fingerprint density at radius 1 is 1.38 bits per heavy atom. The van der Waals surface area contributed by atoms with E-state index in [4.69, 9.17) is 5.11 Å². The highest BCUT2D eigenvalue weighted by molar-refractivity contribution is 7.85. The number of aliphatic hydroxyl groups excluding tert-OH is 1. The van der Waals surface area contributed by atoms with Gasteiger partial charge in [0.2, 0.25) is 0 Å². The molecule has 1 aliphatic carbocycles. The SMILES string of the molecule is CCS(=O)c1ccccc1C(=O)NCC1(CCO)CCC1. The minimum Gasteiger partial charge on any atom is -0.396 e. The lowest BCUT2D eigenvalue weighted by molar-refractivity contribution is 0.0730. The van der Waals surface area contributed by atoms with E-state index in [-0.39, 0.29) is 17.9 Å². The molecule has 0 radical (unpaired) electrons. The van der Waals surface area contributed by atoms with Crippen LogP contribution in [0.15, 0.2) is 29.2 Å². The van der Waals surface area contributed by atoms with Crippen LogP contribution in [0.25, 0.3) is 0 Å². The molecule has 0 spiro atoms. The van der Waals surface area contributed by atoms with E-state index in [9.17, 15) is 9.00 Å². The Morgan fingerprint density at radius 3 is 2.67 bits per heavy atom. The summed E-state index contributed by atoms with van der Waals surface area (Å²) >= 11 is 0. The van der Waals surface area contributed by atoms with Crippen LogP contribution in [0.3, 0.4) is 0 Å². The van der Waals surface area contributed by atoms with Gasteiger partial charge in [-0.25, -0.2) is 0 Å². The molecule has 1 aromatic rings. The van der Waals surface area contributed by atoms with Gasteiger partial charge in [0, 0.05) is 18.9 Å². The Bertz CT molecular complexity index is 526. The minimum atomic E-state index is -1.14. The monoisotopic (exact) mass is 309 g/mol. The fraction of sp³-hybridized carbons (Fsp3) is 0.562. The molecular formula is C16H23NO3S. The number of carbonyl (C=O) groups excluding carboxylic acids is 1. The second-order valence-electron chi connectivity index (χ2n) is 5.64. The average Bonchev–Trinajstić information content (AvgIpc) is 2.48. The molecule has 116 valence electrons. The second kappa shape index (κ2) is 7.18. The smallest absolute Gasteiger partial charge is 0.252 e. The summed E-state index contributed by atoms with van der Waals surface area (Å²) < 4.78 is 12.0. The van der Waals surface area contributed by atoms with E-state index < -0.39 is 10.8 Å². The number of nitrogens with one attached hydrogen (secondary N) is 1. The standard InChI is InChI=1S/C16H23NO3S/c1-2-21(20)14-7-4-3-6-13(14)15(19)17-12-16(10-11-18)8-5-9-16/h3-4,6-7,18H,2,5,8-12H2,1H3,(H,17,19). The number of hydrogen-bond donors (Lipinski definition) is 2. The molecule has 0 bridgehead atoms. The Kier molecular flexibility index (Phi) is 5.53. The van der Waals surface area contributed by atoms with E-state index in [0.717, 1.165) is 25.7 Å². The van der Waals surface area contributed by atoms with E-state index >= 15 is 0 Å². The fourth-order valence-electron chi connectivity index (χ4n) is 2.80. The predicted molar refractivity (Wildman–Crippen MR) is 83.7 cm³/mol. The van der Waals surface area contributed by atoms with Crippen LogP contribution < -0.4 is 5.32 Å². The molecule has 2 rings (SSSR count). The van der Waals surface area contributed by atoms with Gasteiger partial charge < -0.3 is 10.4 Å². The van der Waals surface area contributed by atoms with Crippen LogP contribution in [0.2, 0.25) is 0 Å². The molecule has 1 aliphatic rings. The van der Waals surface area contributed by atoms with Crippen LogP contribution in [0.1, 0.15) is 43.0 Å². The lowest BCUT2D eigenvalue weighted by atomic mass is 9.67. The zero-order chi connectivity index (χ0) is 15.3. The summed E-state index contributed by atoms with van der Waals surface area (Å²) in [5.74, 6) is 0.329. The first kappa shape index (κ1) is 16.2. The van der Waals surface area contributed by atoms with Gasteiger partial charge in [-0.2, -0.15) is 0 Å². The maximum atomic E-state index is 12.4. The third-order valence-electron chi connectivity index (χ3n) is 4.32. The van der Waals surface area contributed by atoms with Gasteiger partial charge in [-0.1, -0.05) is 25.5 Å². The van der Waals surface area contributed by atoms with E-state index in [2.05, 4.69) is 5.32 Å². The van der Waals surface area contributed by atoms with E-state index in [1.54, 1.807) is 24.3 Å². The molecule has 5 heteroatoms. The molecule has 1 fully saturated rings. The van der Waals surface area contributed by atoms with Crippen molar-refractivity contribution in [2.45, 2.75) is 37.5 Å². The summed E-state index contributed by atoms with van der Waals surface area (Å²) in [6.07, 6.45) is 3.99. The molecule has 1 saturated carbocycles. The van der Waals surface area contributed by atoms with Gasteiger partial charge >= 0.3 is 0 Å². The second-order valence-corrected chi connectivity index (χ2v) is 7.35. The van der Waals surface area contributed by atoms with Gasteiger partial charge in [-0.15, -0.1) is 0 Å². The molecule has 1 aromatic carbocycles. The molecule has 0 saturated heterocycles. The van der Waals surface area contributed by atoms with Crippen molar-refractivity contribution in [3.8, 4) is 0 Å². The van der Waals surface area contributed by atoms with Gasteiger partial charge in [0.1, 0.15) is 0 Å². The molecule has 21 heavy (non-hydrogen) atoms. The largest absolute Gasteiger partial charge is 0.396 e. The summed E-state index contributed by atoms with van der Waals surface area (Å²) in [5.41, 5.74) is 0.555. The summed E-state index contributed by atoms with van der Waals surface area (Å²) in [5, 5.41) is 12.1. The Hall–Kier alpha value is -1.20. The number of amides is 1. The van der Waals surface area contributed by atoms with Crippen molar-refractivity contribution < 1.29 is 14.1 Å². The zero-order valence-corrected chi connectivity index (χ0v) is 13.2. The molecule has 1 unspecified atom stereocenters. The lowest BCUT2D eigenvalue weighted by Crippen LogP contribution is -2.42. The number of carbonyl (C=O) groups is 1. The highest BCUT2D eigenvalue weighted by Crippen LogP contribution is 2.43. The molecule has 4 nitrogen and oxygen atoms in total. The van der Waals surface area contributed by atoms with Gasteiger partial charge in [0.15, 0.2) is 0 Å². The highest BCUT2D eigenvalue weighted by atomic mass is 32.2. The maximum Gasteiger partial charge on any atom is 0.252 e. The fourth-order valence-corrected chi connectivity index (χ4v) is 3.75. The number of benzene rings is 1.